The van der Waals surface area contributed by atoms with Gasteiger partial charge in [0.1, 0.15) is 11.6 Å². The highest BCUT2D eigenvalue weighted by molar-refractivity contribution is 5.89. The minimum atomic E-state index is -3.19. The summed E-state index contributed by atoms with van der Waals surface area (Å²) in [6.45, 7) is 4.13. The van der Waals surface area contributed by atoms with Crippen LogP contribution in [0.25, 0.3) is 11.3 Å². The van der Waals surface area contributed by atoms with Crippen molar-refractivity contribution in [2.45, 2.75) is 33.3 Å². The first kappa shape index (κ1) is 22.2. The summed E-state index contributed by atoms with van der Waals surface area (Å²) in [5.41, 5.74) is 2.95. The van der Waals surface area contributed by atoms with Crippen LogP contribution in [0.15, 0.2) is 36.7 Å². The molecule has 0 bridgehead atoms. The van der Waals surface area contributed by atoms with Gasteiger partial charge in [0.05, 0.1) is 18.0 Å². The number of amides is 1. The first-order valence-corrected chi connectivity index (χ1v) is 9.38. The van der Waals surface area contributed by atoms with E-state index in [0.717, 1.165) is 12.5 Å². The molecule has 3 aromatic heterocycles. The number of nitrogens with zero attached hydrogens (tertiary/aromatic N) is 4. The molecule has 0 atom stereocenters. The van der Waals surface area contributed by atoms with Gasteiger partial charge in [0, 0.05) is 56.7 Å². The van der Waals surface area contributed by atoms with E-state index in [4.69, 9.17) is 4.74 Å². The minimum absolute atomic E-state index is 0.182. The second-order valence-corrected chi connectivity index (χ2v) is 7.01. The van der Waals surface area contributed by atoms with E-state index in [9.17, 15) is 13.6 Å². The lowest BCUT2D eigenvalue weighted by Crippen LogP contribution is -2.14. The van der Waals surface area contributed by atoms with E-state index in [1.807, 2.05) is 6.07 Å². The number of anilines is 3. The summed E-state index contributed by atoms with van der Waals surface area (Å²) in [6.07, 6.45) is 3.21. The number of rotatable bonds is 7. The van der Waals surface area contributed by atoms with Gasteiger partial charge >= 0.3 is 5.92 Å². The van der Waals surface area contributed by atoms with Crippen LogP contribution < -0.4 is 10.6 Å². The van der Waals surface area contributed by atoms with Crippen LogP contribution in [-0.4, -0.2) is 33.0 Å². The fourth-order valence-electron chi connectivity index (χ4n) is 2.81. The van der Waals surface area contributed by atoms with Gasteiger partial charge in [-0.25, -0.2) is 15.0 Å². The molecule has 0 aliphatic heterocycles. The average molecular weight is 428 g/mol. The van der Waals surface area contributed by atoms with E-state index in [1.54, 1.807) is 38.4 Å². The maximum absolute atomic E-state index is 13.8. The molecular formula is C21H22F2N6O2. The quantitative estimate of drug-likeness (QED) is 0.581. The molecule has 0 spiro atoms. The number of pyridine rings is 2. The highest BCUT2D eigenvalue weighted by Crippen LogP contribution is 2.31. The van der Waals surface area contributed by atoms with E-state index < -0.39 is 11.7 Å². The zero-order valence-electron chi connectivity index (χ0n) is 17.5. The Balaban J connectivity index is 2.04. The number of methoxy groups -OCH3 is 1. The number of carbonyl (C=O) groups excluding carboxylic acids is 1. The van der Waals surface area contributed by atoms with Crippen LogP contribution in [0.5, 0.6) is 0 Å². The Hall–Kier alpha value is -3.53. The van der Waals surface area contributed by atoms with Gasteiger partial charge in [-0.2, -0.15) is 8.78 Å². The number of hydrogen-bond donors (Lipinski definition) is 2. The van der Waals surface area contributed by atoms with Crippen molar-refractivity contribution in [3.05, 3.63) is 53.7 Å². The largest absolute Gasteiger partial charge is 0.380 e. The molecule has 0 aromatic carbocycles. The van der Waals surface area contributed by atoms with E-state index in [1.165, 1.54) is 13.1 Å². The van der Waals surface area contributed by atoms with Crippen molar-refractivity contribution in [3.63, 3.8) is 0 Å². The summed E-state index contributed by atoms with van der Waals surface area (Å²) < 4.78 is 32.6. The molecule has 0 aliphatic rings. The van der Waals surface area contributed by atoms with Crippen LogP contribution in [-0.2, 0) is 22.1 Å². The molecule has 3 heterocycles. The highest BCUT2D eigenvalue weighted by atomic mass is 19.3. The smallest absolute Gasteiger partial charge is 0.303 e. The fraction of sp³-hybridized carbons (Fsp3) is 0.286. The van der Waals surface area contributed by atoms with E-state index in [-0.39, 0.29) is 11.7 Å². The number of alkyl halides is 2. The Bertz CT molecular complexity index is 1080. The first-order chi connectivity index (χ1) is 14.7. The summed E-state index contributed by atoms with van der Waals surface area (Å²) in [4.78, 5) is 27.9. The first-order valence-electron chi connectivity index (χ1n) is 9.38. The second kappa shape index (κ2) is 9.09. The minimum Gasteiger partial charge on any atom is -0.380 e. The summed E-state index contributed by atoms with van der Waals surface area (Å²) >= 11 is 0. The van der Waals surface area contributed by atoms with Crippen molar-refractivity contribution in [2.24, 2.45) is 0 Å². The van der Waals surface area contributed by atoms with E-state index in [2.05, 4.69) is 30.6 Å². The Morgan fingerprint density at radius 1 is 1.13 bits per heavy atom. The molecule has 8 nitrogen and oxygen atoms in total. The monoisotopic (exact) mass is 428 g/mol. The van der Waals surface area contributed by atoms with Gasteiger partial charge in [0.25, 0.3) is 0 Å². The van der Waals surface area contributed by atoms with Gasteiger partial charge in [-0.1, -0.05) is 6.07 Å². The van der Waals surface area contributed by atoms with Crippen molar-refractivity contribution in [3.8, 4) is 11.3 Å². The summed E-state index contributed by atoms with van der Waals surface area (Å²) in [5.74, 6) is -3.60. The van der Waals surface area contributed by atoms with Crippen LogP contribution in [0.1, 0.15) is 30.9 Å². The number of halogens is 2. The molecule has 31 heavy (non-hydrogen) atoms. The summed E-state index contributed by atoms with van der Waals surface area (Å²) in [7, 11) is 1.60. The molecule has 162 valence electrons. The Morgan fingerprint density at radius 2 is 1.90 bits per heavy atom. The third-order valence-electron chi connectivity index (χ3n) is 4.13. The van der Waals surface area contributed by atoms with Crippen LogP contribution in [0.2, 0.25) is 0 Å². The van der Waals surface area contributed by atoms with E-state index >= 15 is 0 Å². The van der Waals surface area contributed by atoms with Gasteiger partial charge in [0.2, 0.25) is 11.7 Å². The predicted molar refractivity (Wildman–Crippen MR) is 112 cm³/mol. The van der Waals surface area contributed by atoms with Crippen molar-refractivity contribution >= 4 is 23.2 Å². The zero-order chi connectivity index (χ0) is 22.6. The van der Waals surface area contributed by atoms with Crippen molar-refractivity contribution in [1.29, 1.82) is 0 Å². The summed E-state index contributed by atoms with van der Waals surface area (Å²) in [5, 5.41) is 5.64. The maximum Gasteiger partial charge on any atom is 0.303 e. The van der Waals surface area contributed by atoms with Crippen LogP contribution in [0.4, 0.5) is 26.1 Å². The normalized spacial score (nSPS) is 11.3. The number of hydrogen-bond acceptors (Lipinski definition) is 7. The predicted octanol–water partition coefficient (Wildman–Crippen LogP) is 4.20. The number of ether oxygens (including phenoxy) is 1. The van der Waals surface area contributed by atoms with Crippen molar-refractivity contribution in [2.75, 3.05) is 17.7 Å². The third kappa shape index (κ3) is 5.76. The molecule has 0 saturated heterocycles. The van der Waals surface area contributed by atoms with Crippen molar-refractivity contribution < 1.29 is 18.3 Å². The van der Waals surface area contributed by atoms with Crippen LogP contribution >= 0.6 is 0 Å². The van der Waals surface area contributed by atoms with Crippen molar-refractivity contribution in [1.82, 2.24) is 19.9 Å². The highest BCUT2D eigenvalue weighted by Gasteiger charge is 2.29. The van der Waals surface area contributed by atoms with E-state index in [0.29, 0.717) is 35.1 Å². The molecule has 10 heteroatoms. The Morgan fingerprint density at radius 3 is 2.52 bits per heavy atom. The summed E-state index contributed by atoms with van der Waals surface area (Å²) in [6, 6.07) is 6.79. The fourth-order valence-corrected chi connectivity index (χ4v) is 2.81. The van der Waals surface area contributed by atoms with Gasteiger partial charge in [-0.3, -0.25) is 9.78 Å². The Kier molecular flexibility index (Phi) is 6.50. The van der Waals surface area contributed by atoms with Gasteiger partial charge < -0.3 is 15.4 Å². The topological polar surface area (TPSA) is 102 Å². The van der Waals surface area contributed by atoms with Crippen LogP contribution in [0, 0.1) is 6.92 Å². The molecule has 2 N–H and O–H groups in total. The average Bonchev–Trinajstić information content (AvgIpc) is 2.68. The number of aromatic nitrogens is 4. The maximum atomic E-state index is 13.8. The SMILES string of the molecule is COCc1ccc(-c2cnc(NC(C)=O)cc2Nc2cc(C)nc(C(C)(F)F)n2)nc1. The zero-order valence-corrected chi connectivity index (χ0v) is 17.5. The van der Waals surface area contributed by atoms with Gasteiger partial charge in [0.15, 0.2) is 0 Å². The molecule has 0 unspecified atom stereocenters. The lowest BCUT2D eigenvalue weighted by Gasteiger charge is -2.15. The molecule has 0 saturated carbocycles. The molecular weight excluding hydrogens is 406 g/mol. The standard InChI is InChI=1S/C21H22F2N6O2/c1-12-7-19(29-20(26-12)21(3,22)23)28-17-8-18(27-13(2)30)25-10-15(17)16-6-5-14(9-24-16)11-31-4/h5-10H,11H2,1-4H3,(H2,25,26,27,28,29,30). The molecule has 0 fully saturated rings. The molecule has 3 aromatic rings. The molecule has 0 radical (unpaired) electrons. The van der Waals surface area contributed by atoms with Crippen LogP contribution in [0.3, 0.4) is 0 Å². The van der Waals surface area contributed by atoms with Gasteiger partial charge in [-0.15, -0.1) is 0 Å². The lowest BCUT2D eigenvalue weighted by atomic mass is 10.1. The molecule has 1 amide bonds. The molecule has 3 rings (SSSR count). The Labute approximate surface area is 178 Å². The van der Waals surface area contributed by atoms with Gasteiger partial charge in [-0.05, 0) is 18.6 Å². The number of nitrogens with one attached hydrogen (secondary N) is 2. The number of aryl methyl sites for hydroxylation is 1. The molecule has 0 aliphatic carbocycles. The number of carbonyl (C=O) groups is 1. The second-order valence-electron chi connectivity index (χ2n) is 7.01. The lowest BCUT2D eigenvalue weighted by molar-refractivity contribution is -0.114. The third-order valence-corrected chi connectivity index (χ3v) is 4.13.